The van der Waals surface area contributed by atoms with Crippen LogP contribution in [0.1, 0.15) is 24.5 Å². The fourth-order valence-electron chi connectivity index (χ4n) is 2.72. The number of aromatic nitrogens is 1. The molecule has 0 amide bonds. The van der Waals surface area contributed by atoms with Gasteiger partial charge < -0.3 is 9.30 Å². The Morgan fingerprint density at radius 1 is 1.00 bits per heavy atom. The van der Waals surface area contributed by atoms with Crippen LogP contribution in [-0.2, 0) is 13.0 Å². The van der Waals surface area contributed by atoms with Crippen LogP contribution in [0.2, 0.25) is 0 Å². The Labute approximate surface area is 132 Å². The third-order valence-electron chi connectivity index (χ3n) is 4.08. The van der Waals surface area contributed by atoms with Gasteiger partial charge in [0.15, 0.2) is 0 Å². The fraction of sp³-hybridized carbons (Fsp3) is 0.300. The van der Waals surface area contributed by atoms with Gasteiger partial charge >= 0.3 is 0 Å². The summed E-state index contributed by atoms with van der Waals surface area (Å²) in [4.78, 5) is 0. The van der Waals surface area contributed by atoms with E-state index >= 15 is 0 Å². The largest absolute Gasteiger partial charge is 0.494 e. The SMILES string of the molecule is CCc1ccc2c(ccn2CCCOc2ccc(C)cc2)c1. The van der Waals surface area contributed by atoms with E-state index in [1.54, 1.807) is 0 Å². The predicted octanol–water partition coefficient (Wildman–Crippen LogP) is 4.98. The van der Waals surface area contributed by atoms with E-state index in [4.69, 9.17) is 4.74 Å². The average molecular weight is 293 g/mol. The quantitative estimate of drug-likeness (QED) is 0.585. The Kier molecular flexibility index (Phi) is 4.47. The Morgan fingerprint density at radius 2 is 1.82 bits per heavy atom. The molecule has 1 aromatic heterocycles. The highest BCUT2D eigenvalue weighted by atomic mass is 16.5. The standard InChI is InChI=1S/C20H23NO/c1-3-17-7-10-20-18(15-17)11-13-21(20)12-4-14-22-19-8-5-16(2)6-9-19/h5-11,13,15H,3-4,12,14H2,1-2H3. The molecule has 0 unspecified atom stereocenters. The number of hydrogen-bond acceptors (Lipinski definition) is 1. The Morgan fingerprint density at radius 3 is 2.59 bits per heavy atom. The number of fused-ring (bicyclic) bond motifs is 1. The second-order valence-corrected chi connectivity index (χ2v) is 5.77. The minimum absolute atomic E-state index is 0.746. The summed E-state index contributed by atoms with van der Waals surface area (Å²) in [6.07, 6.45) is 4.27. The molecule has 3 aromatic rings. The maximum Gasteiger partial charge on any atom is 0.119 e. The highest BCUT2D eigenvalue weighted by Crippen LogP contribution is 2.18. The predicted molar refractivity (Wildman–Crippen MR) is 92.6 cm³/mol. The van der Waals surface area contributed by atoms with Crippen molar-refractivity contribution >= 4 is 10.9 Å². The van der Waals surface area contributed by atoms with Gasteiger partial charge in [0.25, 0.3) is 0 Å². The molecule has 0 saturated heterocycles. The summed E-state index contributed by atoms with van der Waals surface area (Å²) in [6, 6.07) is 17.2. The van der Waals surface area contributed by atoms with Crippen LogP contribution in [-0.4, -0.2) is 11.2 Å². The molecule has 0 fully saturated rings. The highest BCUT2D eigenvalue weighted by molar-refractivity contribution is 5.80. The molecule has 0 N–H and O–H groups in total. The van der Waals surface area contributed by atoms with Gasteiger partial charge in [-0.25, -0.2) is 0 Å². The summed E-state index contributed by atoms with van der Waals surface area (Å²) in [5.74, 6) is 0.954. The molecule has 114 valence electrons. The normalized spacial score (nSPS) is 11.0. The smallest absolute Gasteiger partial charge is 0.119 e. The third-order valence-corrected chi connectivity index (χ3v) is 4.08. The minimum Gasteiger partial charge on any atom is -0.494 e. The van der Waals surface area contributed by atoms with Crippen molar-refractivity contribution in [3.8, 4) is 5.75 Å². The van der Waals surface area contributed by atoms with Gasteiger partial charge in [-0.3, -0.25) is 0 Å². The van der Waals surface area contributed by atoms with Crippen LogP contribution in [0.15, 0.2) is 54.7 Å². The van der Waals surface area contributed by atoms with Crippen molar-refractivity contribution in [3.05, 3.63) is 65.9 Å². The molecular weight excluding hydrogens is 270 g/mol. The van der Waals surface area contributed by atoms with Crippen molar-refractivity contribution in [1.29, 1.82) is 0 Å². The first-order chi connectivity index (χ1) is 10.8. The number of ether oxygens (including phenoxy) is 1. The van der Waals surface area contributed by atoms with Crippen LogP contribution in [0.25, 0.3) is 10.9 Å². The molecule has 0 aliphatic heterocycles. The van der Waals surface area contributed by atoms with Gasteiger partial charge in [0.2, 0.25) is 0 Å². The van der Waals surface area contributed by atoms with Crippen LogP contribution in [0.5, 0.6) is 5.75 Å². The van der Waals surface area contributed by atoms with Crippen molar-refractivity contribution in [1.82, 2.24) is 4.57 Å². The van der Waals surface area contributed by atoms with Gasteiger partial charge in [-0.15, -0.1) is 0 Å². The third kappa shape index (κ3) is 3.33. The zero-order valence-electron chi connectivity index (χ0n) is 13.4. The van der Waals surface area contributed by atoms with E-state index in [1.807, 2.05) is 12.1 Å². The molecule has 0 atom stereocenters. The summed E-state index contributed by atoms with van der Waals surface area (Å²) in [7, 11) is 0. The molecule has 0 spiro atoms. The second-order valence-electron chi connectivity index (χ2n) is 5.77. The van der Waals surface area contributed by atoms with Crippen molar-refractivity contribution in [2.24, 2.45) is 0 Å². The summed E-state index contributed by atoms with van der Waals surface area (Å²) >= 11 is 0. The topological polar surface area (TPSA) is 14.2 Å². The van der Waals surface area contributed by atoms with Crippen molar-refractivity contribution in [3.63, 3.8) is 0 Å². The summed E-state index contributed by atoms with van der Waals surface area (Å²) in [5.41, 5.74) is 3.97. The van der Waals surface area contributed by atoms with Gasteiger partial charge in [0.05, 0.1) is 6.61 Å². The van der Waals surface area contributed by atoms with E-state index in [1.165, 1.54) is 22.0 Å². The molecule has 0 radical (unpaired) electrons. The first kappa shape index (κ1) is 14.7. The molecule has 3 rings (SSSR count). The maximum absolute atomic E-state index is 5.79. The van der Waals surface area contributed by atoms with Gasteiger partial charge in [0, 0.05) is 18.3 Å². The van der Waals surface area contributed by atoms with Gasteiger partial charge in [-0.2, -0.15) is 0 Å². The molecule has 0 bridgehead atoms. The lowest BCUT2D eigenvalue weighted by Gasteiger charge is -2.08. The van der Waals surface area contributed by atoms with Crippen LogP contribution >= 0.6 is 0 Å². The number of benzene rings is 2. The number of nitrogens with zero attached hydrogens (tertiary/aromatic N) is 1. The lowest BCUT2D eigenvalue weighted by Crippen LogP contribution is -2.03. The zero-order valence-corrected chi connectivity index (χ0v) is 13.4. The molecule has 2 heteroatoms. The molecular formula is C20H23NO. The van der Waals surface area contributed by atoms with Gasteiger partial charge in [0.1, 0.15) is 5.75 Å². The van der Waals surface area contributed by atoms with Crippen LogP contribution < -0.4 is 4.74 Å². The zero-order chi connectivity index (χ0) is 15.4. The van der Waals surface area contributed by atoms with Crippen molar-refractivity contribution < 1.29 is 4.74 Å². The van der Waals surface area contributed by atoms with E-state index in [0.29, 0.717) is 0 Å². The monoisotopic (exact) mass is 293 g/mol. The van der Waals surface area contributed by atoms with E-state index in [-0.39, 0.29) is 0 Å². The second kappa shape index (κ2) is 6.69. The van der Waals surface area contributed by atoms with Gasteiger partial charge in [-0.1, -0.05) is 30.7 Å². The summed E-state index contributed by atoms with van der Waals surface area (Å²) < 4.78 is 8.11. The fourth-order valence-corrected chi connectivity index (χ4v) is 2.72. The first-order valence-corrected chi connectivity index (χ1v) is 8.03. The number of hydrogen-bond donors (Lipinski definition) is 0. The van der Waals surface area contributed by atoms with E-state index < -0.39 is 0 Å². The van der Waals surface area contributed by atoms with Crippen LogP contribution in [0.4, 0.5) is 0 Å². The maximum atomic E-state index is 5.79. The number of rotatable bonds is 6. The van der Waals surface area contributed by atoms with E-state index in [2.05, 4.69) is 61.0 Å². The van der Waals surface area contributed by atoms with Gasteiger partial charge in [-0.05, 0) is 61.0 Å². The lowest BCUT2D eigenvalue weighted by molar-refractivity contribution is 0.302. The highest BCUT2D eigenvalue weighted by Gasteiger charge is 2.02. The molecule has 2 nitrogen and oxygen atoms in total. The molecule has 0 aliphatic carbocycles. The Hall–Kier alpha value is -2.22. The molecule has 22 heavy (non-hydrogen) atoms. The average Bonchev–Trinajstić information content (AvgIpc) is 2.95. The van der Waals surface area contributed by atoms with Crippen molar-refractivity contribution in [2.45, 2.75) is 33.2 Å². The number of aryl methyl sites for hydroxylation is 3. The molecule has 0 aliphatic rings. The minimum atomic E-state index is 0.746. The molecule has 1 heterocycles. The van der Waals surface area contributed by atoms with Crippen molar-refractivity contribution in [2.75, 3.05) is 6.61 Å². The Bertz CT molecular complexity index is 740. The van der Waals surface area contributed by atoms with E-state index in [9.17, 15) is 0 Å². The summed E-state index contributed by atoms with van der Waals surface area (Å²) in [6.45, 7) is 6.02. The molecule has 0 saturated carbocycles. The molecule has 2 aromatic carbocycles. The summed E-state index contributed by atoms with van der Waals surface area (Å²) in [5, 5.41) is 1.33. The first-order valence-electron chi connectivity index (χ1n) is 8.03. The Balaban J connectivity index is 1.56. The van der Waals surface area contributed by atoms with E-state index in [0.717, 1.165) is 31.7 Å². The lowest BCUT2D eigenvalue weighted by atomic mass is 10.1. The van der Waals surface area contributed by atoms with Crippen LogP contribution in [0.3, 0.4) is 0 Å². The van der Waals surface area contributed by atoms with Crippen LogP contribution in [0, 0.1) is 6.92 Å².